The molecule has 0 bridgehead atoms. The van der Waals surface area contributed by atoms with Crippen LogP contribution in [0, 0.1) is 17.2 Å². The van der Waals surface area contributed by atoms with E-state index >= 15 is 0 Å². The van der Waals surface area contributed by atoms with Crippen LogP contribution in [0.1, 0.15) is 19.3 Å². The number of nitriles is 1. The van der Waals surface area contributed by atoms with Crippen molar-refractivity contribution in [2.75, 3.05) is 5.32 Å². The number of rotatable bonds is 3. The summed E-state index contributed by atoms with van der Waals surface area (Å²) in [5.74, 6) is 0.536. The van der Waals surface area contributed by atoms with E-state index in [1.807, 2.05) is 24.3 Å². The van der Waals surface area contributed by atoms with Crippen LogP contribution < -0.4 is 5.32 Å². The van der Waals surface area contributed by atoms with Gasteiger partial charge >= 0.3 is 0 Å². The Labute approximate surface area is 98.4 Å². The lowest BCUT2D eigenvalue weighted by Gasteiger charge is -2.30. The van der Waals surface area contributed by atoms with Crippen LogP contribution in [0.4, 0.5) is 5.69 Å². The Morgan fingerprint density at radius 2 is 2.27 bits per heavy atom. The highest BCUT2D eigenvalue weighted by Crippen LogP contribution is 2.31. The largest absolute Gasteiger partial charge is 0.370 e. The van der Waals surface area contributed by atoms with E-state index in [4.69, 9.17) is 5.26 Å². The molecule has 15 heavy (non-hydrogen) atoms. The van der Waals surface area contributed by atoms with Gasteiger partial charge in [0, 0.05) is 10.2 Å². The minimum Gasteiger partial charge on any atom is -0.370 e. The van der Waals surface area contributed by atoms with Gasteiger partial charge in [0.2, 0.25) is 0 Å². The molecule has 1 saturated carbocycles. The van der Waals surface area contributed by atoms with E-state index in [0.29, 0.717) is 5.92 Å². The van der Waals surface area contributed by atoms with Crippen molar-refractivity contribution in [3.63, 3.8) is 0 Å². The molecule has 0 spiro atoms. The molecule has 1 atom stereocenters. The van der Waals surface area contributed by atoms with E-state index in [9.17, 15) is 0 Å². The number of halogens is 1. The number of hydrogen-bond donors (Lipinski definition) is 1. The van der Waals surface area contributed by atoms with Crippen molar-refractivity contribution in [3.8, 4) is 6.07 Å². The molecule has 2 nitrogen and oxygen atoms in total. The Hall–Kier alpha value is -1.01. The molecule has 3 heteroatoms. The van der Waals surface area contributed by atoms with Gasteiger partial charge in [0.25, 0.3) is 0 Å². The van der Waals surface area contributed by atoms with Gasteiger partial charge in [-0.1, -0.05) is 28.4 Å². The third-order valence-corrected chi connectivity index (χ3v) is 3.40. The van der Waals surface area contributed by atoms with Crippen LogP contribution in [-0.4, -0.2) is 6.04 Å². The van der Waals surface area contributed by atoms with E-state index in [-0.39, 0.29) is 6.04 Å². The van der Waals surface area contributed by atoms with Crippen molar-refractivity contribution in [1.29, 1.82) is 5.26 Å². The fraction of sp³-hybridized carbons (Fsp3) is 0.417. The van der Waals surface area contributed by atoms with Gasteiger partial charge in [-0.25, -0.2) is 0 Å². The lowest BCUT2D eigenvalue weighted by atomic mass is 9.80. The van der Waals surface area contributed by atoms with Gasteiger partial charge in [0.1, 0.15) is 6.04 Å². The second-order valence-electron chi connectivity index (χ2n) is 3.95. The highest BCUT2D eigenvalue weighted by atomic mass is 79.9. The maximum atomic E-state index is 9.07. The molecule has 78 valence electrons. The van der Waals surface area contributed by atoms with E-state index < -0.39 is 0 Å². The van der Waals surface area contributed by atoms with E-state index in [0.717, 1.165) is 10.2 Å². The van der Waals surface area contributed by atoms with Crippen LogP contribution in [0.15, 0.2) is 28.7 Å². The van der Waals surface area contributed by atoms with E-state index in [1.54, 1.807) is 0 Å². The summed E-state index contributed by atoms with van der Waals surface area (Å²) >= 11 is 3.42. The first-order valence-electron chi connectivity index (χ1n) is 5.21. The molecule has 1 aromatic rings. The average molecular weight is 265 g/mol. The predicted molar refractivity (Wildman–Crippen MR) is 64.5 cm³/mol. The van der Waals surface area contributed by atoms with E-state index in [1.165, 1.54) is 19.3 Å². The highest BCUT2D eigenvalue weighted by molar-refractivity contribution is 9.10. The molecule has 0 saturated heterocycles. The molecule has 0 aromatic heterocycles. The van der Waals surface area contributed by atoms with Gasteiger partial charge in [-0.15, -0.1) is 0 Å². The summed E-state index contributed by atoms with van der Waals surface area (Å²) in [4.78, 5) is 0. The van der Waals surface area contributed by atoms with Crippen LogP contribution in [0.2, 0.25) is 0 Å². The Kier molecular flexibility index (Phi) is 3.27. The smallest absolute Gasteiger partial charge is 0.117 e. The number of hydrogen-bond acceptors (Lipinski definition) is 2. The fourth-order valence-corrected chi connectivity index (χ4v) is 2.19. The SMILES string of the molecule is N#CC(Nc1cccc(Br)c1)C1CCC1. The quantitative estimate of drug-likeness (QED) is 0.907. The first-order valence-corrected chi connectivity index (χ1v) is 6.00. The molecule has 1 aliphatic carbocycles. The number of anilines is 1. The van der Waals surface area contributed by atoms with Crippen LogP contribution >= 0.6 is 15.9 Å². The van der Waals surface area contributed by atoms with Gasteiger partial charge in [-0.05, 0) is 37.0 Å². The summed E-state index contributed by atoms with van der Waals surface area (Å²) in [5, 5.41) is 12.3. The van der Waals surface area contributed by atoms with Gasteiger partial charge in [-0.2, -0.15) is 5.26 Å². The zero-order valence-electron chi connectivity index (χ0n) is 8.41. The first-order chi connectivity index (χ1) is 7.29. The van der Waals surface area contributed by atoms with Gasteiger partial charge < -0.3 is 5.32 Å². The zero-order chi connectivity index (χ0) is 10.7. The van der Waals surface area contributed by atoms with Crippen molar-refractivity contribution in [1.82, 2.24) is 0 Å². The summed E-state index contributed by atoms with van der Waals surface area (Å²) in [7, 11) is 0. The first kappa shape index (κ1) is 10.5. The maximum Gasteiger partial charge on any atom is 0.117 e. The Morgan fingerprint density at radius 3 is 2.80 bits per heavy atom. The predicted octanol–water partition coefficient (Wildman–Crippen LogP) is 3.55. The molecule has 0 amide bonds. The average Bonchev–Trinajstić information content (AvgIpc) is 2.14. The van der Waals surface area contributed by atoms with Crippen LogP contribution in [-0.2, 0) is 0 Å². The lowest BCUT2D eigenvalue weighted by molar-refractivity contribution is 0.303. The third-order valence-electron chi connectivity index (χ3n) is 2.91. The topological polar surface area (TPSA) is 35.8 Å². The Balaban J connectivity index is 2.03. The maximum absolute atomic E-state index is 9.07. The van der Waals surface area contributed by atoms with Crippen molar-refractivity contribution in [2.24, 2.45) is 5.92 Å². The van der Waals surface area contributed by atoms with Crippen molar-refractivity contribution >= 4 is 21.6 Å². The molecule has 1 fully saturated rings. The summed E-state index contributed by atoms with van der Waals surface area (Å²) in [6.07, 6.45) is 3.63. The Morgan fingerprint density at radius 1 is 1.47 bits per heavy atom. The zero-order valence-corrected chi connectivity index (χ0v) is 10.00. The monoisotopic (exact) mass is 264 g/mol. The second kappa shape index (κ2) is 4.67. The molecular weight excluding hydrogens is 252 g/mol. The number of nitrogens with one attached hydrogen (secondary N) is 1. The molecule has 0 radical (unpaired) electrons. The molecule has 0 heterocycles. The second-order valence-corrected chi connectivity index (χ2v) is 4.87. The summed E-state index contributed by atoms with van der Waals surface area (Å²) < 4.78 is 1.04. The summed E-state index contributed by atoms with van der Waals surface area (Å²) in [5.41, 5.74) is 1.02. The van der Waals surface area contributed by atoms with Gasteiger partial charge in [0.05, 0.1) is 6.07 Å². The van der Waals surface area contributed by atoms with Gasteiger partial charge in [0.15, 0.2) is 0 Å². The normalized spacial score (nSPS) is 17.6. The van der Waals surface area contributed by atoms with E-state index in [2.05, 4.69) is 27.3 Å². The number of benzene rings is 1. The van der Waals surface area contributed by atoms with Crippen molar-refractivity contribution in [2.45, 2.75) is 25.3 Å². The third kappa shape index (κ3) is 2.51. The van der Waals surface area contributed by atoms with Crippen molar-refractivity contribution < 1.29 is 0 Å². The fourth-order valence-electron chi connectivity index (χ4n) is 1.79. The van der Waals surface area contributed by atoms with Crippen LogP contribution in [0.25, 0.3) is 0 Å². The van der Waals surface area contributed by atoms with Crippen molar-refractivity contribution in [3.05, 3.63) is 28.7 Å². The molecule has 1 aromatic carbocycles. The van der Waals surface area contributed by atoms with Crippen LogP contribution in [0.3, 0.4) is 0 Å². The van der Waals surface area contributed by atoms with Gasteiger partial charge in [-0.3, -0.25) is 0 Å². The molecule has 1 aliphatic rings. The Bertz CT molecular complexity index is 379. The minimum absolute atomic E-state index is 0.0342. The minimum atomic E-state index is -0.0342. The molecule has 2 rings (SSSR count). The standard InChI is InChI=1S/C12H13BrN2/c13-10-5-2-6-11(7-10)15-12(8-14)9-3-1-4-9/h2,5-7,9,12,15H,1,3-4H2. The number of nitrogens with zero attached hydrogens (tertiary/aromatic N) is 1. The van der Waals surface area contributed by atoms with Crippen LogP contribution in [0.5, 0.6) is 0 Å². The summed E-state index contributed by atoms with van der Waals surface area (Å²) in [6.45, 7) is 0. The molecule has 1 N–H and O–H groups in total. The molecule has 0 aliphatic heterocycles. The molecule has 1 unspecified atom stereocenters. The highest BCUT2D eigenvalue weighted by Gasteiger charge is 2.26. The lowest BCUT2D eigenvalue weighted by Crippen LogP contribution is -2.32. The summed E-state index contributed by atoms with van der Waals surface area (Å²) in [6, 6.07) is 10.3. The molecular formula is C12H13BrN2.